The third-order valence-corrected chi connectivity index (χ3v) is 5.99. The second-order valence-corrected chi connectivity index (χ2v) is 8.90. The summed E-state index contributed by atoms with van der Waals surface area (Å²) in [7, 11) is 0. The van der Waals surface area contributed by atoms with Crippen LogP contribution in [0.2, 0.25) is 0 Å². The van der Waals surface area contributed by atoms with E-state index in [1.165, 1.54) is 11.3 Å². The number of carbonyl (C=O) groups excluding carboxylic acids is 3. The molecule has 0 fully saturated rings. The molecule has 2 N–H and O–H groups in total. The number of Topliss-reactive ketones (excluding diaryl/α,β-unsaturated/α-hetero) is 1. The van der Waals surface area contributed by atoms with E-state index in [1.54, 1.807) is 11.6 Å². The second-order valence-electron chi connectivity index (χ2n) is 7.87. The summed E-state index contributed by atoms with van der Waals surface area (Å²) in [5, 5.41) is 10.5. The number of rotatable bonds is 12. The summed E-state index contributed by atoms with van der Waals surface area (Å²) in [4.78, 5) is 41.0. The van der Waals surface area contributed by atoms with Gasteiger partial charge in [-0.15, -0.1) is 0 Å². The third kappa shape index (κ3) is 7.26. The van der Waals surface area contributed by atoms with E-state index in [1.807, 2.05) is 43.5 Å². The number of unbranched alkanes of at least 4 members (excludes halogenated alkanes) is 2. The molecule has 0 bridgehead atoms. The number of hydrogen-bond acceptors (Lipinski definition) is 6. The highest BCUT2D eigenvalue weighted by atomic mass is 32.1. The number of nitrogens with one attached hydrogen (secondary N) is 2. The molecule has 0 saturated carbocycles. The van der Waals surface area contributed by atoms with Crippen LogP contribution in [0, 0.1) is 6.92 Å². The van der Waals surface area contributed by atoms with E-state index in [0.717, 1.165) is 35.2 Å². The number of anilines is 1. The minimum Gasteiger partial charge on any atom is -0.344 e. The van der Waals surface area contributed by atoms with E-state index in [0.29, 0.717) is 24.5 Å². The number of para-hydroxylation sites is 1. The molecule has 32 heavy (non-hydrogen) atoms. The van der Waals surface area contributed by atoms with Gasteiger partial charge in [0, 0.05) is 25.6 Å². The number of benzene rings is 1. The van der Waals surface area contributed by atoms with Crippen LogP contribution in [0.5, 0.6) is 0 Å². The van der Waals surface area contributed by atoms with Gasteiger partial charge in [-0.05, 0) is 44.9 Å². The molecule has 1 unspecified atom stereocenters. The monoisotopic (exact) mass is 455 g/mol. The lowest BCUT2D eigenvalue weighted by atomic mass is 10.1. The minimum atomic E-state index is -0.661. The lowest BCUT2D eigenvalue weighted by Gasteiger charge is -2.18. The molecular formula is C23H29N5O3S. The van der Waals surface area contributed by atoms with Crippen molar-refractivity contribution in [2.45, 2.75) is 65.0 Å². The van der Waals surface area contributed by atoms with E-state index in [9.17, 15) is 14.4 Å². The molecule has 1 atom stereocenters. The fourth-order valence-electron chi connectivity index (χ4n) is 3.36. The number of aryl methyl sites for hydroxylation is 2. The Kier molecular flexibility index (Phi) is 8.49. The first-order valence-electron chi connectivity index (χ1n) is 10.9. The lowest BCUT2D eigenvalue weighted by molar-refractivity contribution is -0.126. The number of carbonyl (C=O) groups is 3. The minimum absolute atomic E-state index is 0.164. The number of thiazole rings is 1. The molecule has 2 amide bonds. The van der Waals surface area contributed by atoms with Crippen molar-refractivity contribution in [2.75, 3.05) is 5.32 Å². The van der Waals surface area contributed by atoms with E-state index in [2.05, 4.69) is 20.7 Å². The Morgan fingerprint density at radius 1 is 1.09 bits per heavy atom. The Balaban J connectivity index is 1.58. The van der Waals surface area contributed by atoms with Crippen LogP contribution >= 0.6 is 11.3 Å². The molecule has 1 aromatic carbocycles. The van der Waals surface area contributed by atoms with Crippen LogP contribution in [-0.4, -0.2) is 38.4 Å². The van der Waals surface area contributed by atoms with Crippen molar-refractivity contribution in [1.29, 1.82) is 0 Å². The fourth-order valence-corrected chi connectivity index (χ4v) is 4.23. The molecule has 9 heteroatoms. The average molecular weight is 456 g/mol. The van der Waals surface area contributed by atoms with Crippen molar-refractivity contribution in [2.24, 2.45) is 0 Å². The predicted octanol–water partition coefficient (Wildman–Crippen LogP) is 3.85. The van der Waals surface area contributed by atoms with Crippen LogP contribution in [0.15, 0.2) is 36.5 Å². The van der Waals surface area contributed by atoms with Crippen molar-refractivity contribution in [3.05, 3.63) is 42.2 Å². The normalized spacial score (nSPS) is 11.9. The number of aromatic nitrogens is 3. The maximum Gasteiger partial charge on any atom is 0.248 e. The molecule has 2 heterocycles. The van der Waals surface area contributed by atoms with Gasteiger partial charge in [0.25, 0.3) is 0 Å². The van der Waals surface area contributed by atoms with Gasteiger partial charge in [0.2, 0.25) is 11.8 Å². The molecule has 3 aromatic rings. The topological polar surface area (TPSA) is 106 Å². The third-order valence-electron chi connectivity index (χ3n) is 5.04. The fraction of sp³-hybridized carbons (Fsp3) is 0.435. The van der Waals surface area contributed by atoms with E-state index < -0.39 is 6.04 Å². The maximum atomic E-state index is 12.9. The predicted molar refractivity (Wildman–Crippen MR) is 126 cm³/mol. The summed E-state index contributed by atoms with van der Waals surface area (Å²) in [6, 6.07) is 8.90. The van der Waals surface area contributed by atoms with Gasteiger partial charge in [-0.2, -0.15) is 5.10 Å². The summed E-state index contributed by atoms with van der Waals surface area (Å²) in [5.74, 6) is -0.317. The van der Waals surface area contributed by atoms with Crippen LogP contribution in [0.1, 0.15) is 51.1 Å². The summed E-state index contributed by atoms with van der Waals surface area (Å²) >= 11 is 1.40. The number of nitrogens with zero attached hydrogens (tertiary/aromatic N) is 3. The van der Waals surface area contributed by atoms with Crippen molar-refractivity contribution in [3.63, 3.8) is 0 Å². The SMILES string of the molecule is CC(=O)CCCCCC(NC(=O)CCn1ccc(C)n1)C(=O)Nc1nc2ccccc2s1. The molecule has 3 rings (SSSR count). The second kappa shape index (κ2) is 11.5. The Labute approximate surface area is 191 Å². The highest BCUT2D eigenvalue weighted by Gasteiger charge is 2.22. The van der Waals surface area contributed by atoms with Gasteiger partial charge >= 0.3 is 0 Å². The molecule has 8 nitrogen and oxygen atoms in total. The van der Waals surface area contributed by atoms with Gasteiger partial charge in [-0.3, -0.25) is 14.3 Å². The smallest absolute Gasteiger partial charge is 0.248 e. The molecule has 0 spiro atoms. The molecule has 0 aliphatic heterocycles. The Hall–Kier alpha value is -3.07. The maximum absolute atomic E-state index is 12.9. The largest absolute Gasteiger partial charge is 0.344 e. The number of fused-ring (bicyclic) bond motifs is 1. The quantitative estimate of drug-likeness (QED) is 0.404. The zero-order valence-electron chi connectivity index (χ0n) is 18.5. The zero-order valence-corrected chi connectivity index (χ0v) is 19.3. The zero-order chi connectivity index (χ0) is 22.9. The van der Waals surface area contributed by atoms with Crippen LogP contribution in [0.25, 0.3) is 10.2 Å². The molecule has 0 aliphatic carbocycles. The first-order chi connectivity index (χ1) is 15.4. The van der Waals surface area contributed by atoms with Crippen molar-refractivity contribution in [1.82, 2.24) is 20.1 Å². The first kappa shape index (κ1) is 23.6. The van der Waals surface area contributed by atoms with Gasteiger partial charge in [-0.25, -0.2) is 4.98 Å². The highest BCUT2D eigenvalue weighted by Crippen LogP contribution is 2.25. The van der Waals surface area contributed by atoms with E-state index >= 15 is 0 Å². The van der Waals surface area contributed by atoms with E-state index in [4.69, 9.17) is 0 Å². The molecule has 0 aliphatic rings. The van der Waals surface area contributed by atoms with Gasteiger partial charge in [0.15, 0.2) is 5.13 Å². The molecule has 0 saturated heterocycles. The summed E-state index contributed by atoms with van der Waals surface area (Å²) < 4.78 is 2.70. The lowest BCUT2D eigenvalue weighted by Crippen LogP contribution is -2.44. The Morgan fingerprint density at radius 3 is 2.62 bits per heavy atom. The molecule has 2 aromatic heterocycles. The standard InChI is InChI=1S/C23H29N5O3S/c1-16-12-14-28(27-16)15-13-21(30)24-19(10-5-3-4-8-17(2)29)22(31)26-23-25-18-9-6-7-11-20(18)32-23/h6-7,9,11-12,14,19H,3-5,8,10,13,15H2,1-2H3,(H,24,30)(H,25,26,31). The molecule has 0 radical (unpaired) electrons. The highest BCUT2D eigenvalue weighted by molar-refractivity contribution is 7.22. The van der Waals surface area contributed by atoms with Crippen LogP contribution in [0.4, 0.5) is 5.13 Å². The van der Waals surface area contributed by atoms with Crippen molar-refractivity contribution in [3.8, 4) is 0 Å². The Morgan fingerprint density at radius 2 is 1.91 bits per heavy atom. The first-order valence-corrected chi connectivity index (χ1v) is 11.7. The number of ketones is 1. The van der Waals surface area contributed by atoms with Gasteiger partial charge < -0.3 is 15.4 Å². The molecular weight excluding hydrogens is 426 g/mol. The van der Waals surface area contributed by atoms with Crippen molar-refractivity contribution >= 4 is 44.3 Å². The summed E-state index contributed by atoms with van der Waals surface area (Å²) in [5.41, 5.74) is 1.72. The van der Waals surface area contributed by atoms with Crippen LogP contribution in [-0.2, 0) is 20.9 Å². The van der Waals surface area contributed by atoms with Gasteiger partial charge in [0.1, 0.15) is 11.8 Å². The van der Waals surface area contributed by atoms with Crippen molar-refractivity contribution < 1.29 is 14.4 Å². The summed E-state index contributed by atoms with van der Waals surface area (Å²) in [6.07, 6.45) is 5.45. The van der Waals surface area contributed by atoms with Gasteiger partial charge in [0.05, 0.1) is 15.9 Å². The van der Waals surface area contributed by atoms with Crippen LogP contribution in [0.3, 0.4) is 0 Å². The average Bonchev–Trinajstić information content (AvgIpc) is 3.35. The number of hydrogen-bond donors (Lipinski definition) is 2. The Bertz CT molecular complexity index is 1040. The van der Waals surface area contributed by atoms with E-state index in [-0.39, 0.29) is 24.0 Å². The number of amides is 2. The van der Waals surface area contributed by atoms with Gasteiger partial charge in [-0.1, -0.05) is 36.3 Å². The summed E-state index contributed by atoms with van der Waals surface area (Å²) in [6.45, 7) is 3.92. The molecule has 170 valence electrons. The van der Waals surface area contributed by atoms with Crippen LogP contribution < -0.4 is 10.6 Å².